The molecule has 2 rings (SSSR count). The van der Waals surface area contributed by atoms with Crippen LogP contribution in [0.15, 0.2) is 24.3 Å². The smallest absolute Gasteiger partial charge is 0.240 e. The van der Waals surface area contributed by atoms with Gasteiger partial charge in [-0.3, -0.25) is 4.79 Å². The topological polar surface area (TPSA) is 56.1 Å². The number of thioether (sulfide) groups is 1. The van der Waals surface area contributed by atoms with Crippen LogP contribution in [-0.2, 0) is 11.3 Å². The van der Waals surface area contributed by atoms with Crippen molar-refractivity contribution in [2.75, 3.05) is 25.1 Å². The zero-order chi connectivity index (χ0) is 13.7. The number of nitrogens with one attached hydrogen (secondary N) is 1. The second kappa shape index (κ2) is 6.60. The van der Waals surface area contributed by atoms with Crippen LogP contribution >= 0.6 is 11.8 Å². The van der Waals surface area contributed by atoms with E-state index in [1.807, 2.05) is 30.9 Å². The molecule has 1 unspecified atom stereocenters. The molecule has 1 aliphatic rings. The molecule has 0 aromatic heterocycles. The van der Waals surface area contributed by atoms with E-state index in [1.54, 1.807) is 17.0 Å². The van der Waals surface area contributed by atoms with Crippen LogP contribution in [0, 0.1) is 11.3 Å². The Hall–Kier alpha value is -1.51. The number of hydrogen-bond acceptors (Lipinski definition) is 4. The highest BCUT2D eigenvalue weighted by atomic mass is 32.2. The molecule has 5 heteroatoms. The third kappa shape index (κ3) is 3.72. The van der Waals surface area contributed by atoms with E-state index in [4.69, 9.17) is 5.26 Å². The molecule has 1 amide bonds. The average molecular weight is 275 g/mol. The quantitative estimate of drug-likeness (QED) is 0.901. The Morgan fingerprint density at radius 3 is 2.84 bits per heavy atom. The summed E-state index contributed by atoms with van der Waals surface area (Å²) < 4.78 is 0. The van der Waals surface area contributed by atoms with Gasteiger partial charge in [0.15, 0.2) is 0 Å². The first-order chi connectivity index (χ1) is 9.20. The Morgan fingerprint density at radius 1 is 1.53 bits per heavy atom. The van der Waals surface area contributed by atoms with Crippen LogP contribution in [-0.4, -0.2) is 41.9 Å². The van der Waals surface area contributed by atoms with Gasteiger partial charge in [-0.2, -0.15) is 17.0 Å². The molecule has 1 atom stereocenters. The van der Waals surface area contributed by atoms with E-state index >= 15 is 0 Å². The van der Waals surface area contributed by atoms with Gasteiger partial charge >= 0.3 is 0 Å². The fourth-order valence-corrected chi connectivity index (χ4v) is 2.95. The van der Waals surface area contributed by atoms with Crippen molar-refractivity contribution < 1.29 is 4.79 Å². The first-order valence-electron chi connectivity index (χ1n) is 6.26. The largest absolute Gasteiger partial charge is 0.340 e. The number of rotatable bonds is 3. The van der Waals surface area contributed by atoms with E-state index in [-0.39, 0.29) is 11.9 Å². The van der Waals surface area contributed by atoms with Gasteiger partial charge in [0.2, 0.25) is 5.91 Å². The van der Waals surface area contributed by atoms with E-state index in [0.29, 0.717) is 12.1 Å². The van der Waals surface area contributed by atoms with Gasteiger partial charge in [0.1, 0.15) is 0 Å². The summed E-state index contributed by atoms with van der Waals surface area (Å²) in [5, 5.41) is 12.0. The van der Waals surface area contributed by atoms with Gasteiger partial charge in [-0.25, -0.2) is 0 Å². The van der Waals surface area contributed by atoms with Gasteiger partial charge in [-0.1, -0.05) is 12.1 Å². The third-order valence-corrected chi connectivity index (χ3v) is 4.16. The summed E-state index contributed by atoms with van der Waals surface area (Å²) in [6.07, 6.45) is 0. The second-order valence-corrected chi connectivity index (χ2v) is 5.73. The monoisotopic (exact) mass is 275 g/mol. The highest BCUT2D eigenvalue weighted by molar-refractivity contribution is 7.99. The standard InChI is InChI=1S/C14H17N3OS/c1-17(14(18)13-10-19-7-6-16-13)9-12-4-2-11(8-15)3-5-12/h2-5,13,16H,6-7,9-10H2,1H3. The SMILES string of the molecule is CN(Cc1ccc(C#N)cc1)C(=O)C1CSCCN1. The van der Waals surface area contributed by atoms with Crippen molar-refractivity contribution in [3.05, 3.63) is 35.4 Å². The van der Waals surface area contributed by atoms with Crippen LogP contribution in [0.2, 0.25) is 0 Å². The van der Waals surface area contributed by atoms with E-state index in [2.05, 4.69) is 11.4 Å². The molecule has 1 N–H and O–H groups in total. The number of nitrogens with zero attached hydrogens (tertiary/aromatic N) is 2. The molecule has 0 radical (unpaired) electrons. The number of likely N-dealkylation sites (N-methyl/N-ethyl adjacent to an activating group) is 1. The lowest BCUT2D eigenvalue weighted by molar-refractivity contribution is -0.132. The van der Waals surface area contributed by atoms with Gasteiger partial charge in [-0.15, -0.1) is 0 Å². The molecule has 1 saturated heterocycles. The Kier molecular flexibility index (Phi) is 4.83. The molecule has 0 saturated carbocycles. The van der Waals surface area contributed by atoms with Crippen molar-refractivity contribution in [2.24, 2.45) is 0 Å². The molecular weight excluding hydrogens is 258 g/mol. The van der Waals surface area contributed by atoms with Gasteiger partial charge < -0.3 is 10.2 Å². The maximum Gasteiger partial charge on any atom is 0.240 e. The van der Waals surface area contributed by atoms with E-state index in [0.717, 1.165) is 23.6 Å². The Balaban J connectivity index is 1.93. The van der Waals surface area contributed by atoms with E-state index in [9.17, 15) is 4.79 Å². The summed E-state index contributed by atoms with van der Waals surface area (Å²) in [5.41, 5.74) is 1.68. The summed E-state index contributed by atoms with van der Waals surface area (Å²) >= 11 is 1.81. The van der Waals surface area contributed by atoms with Crippen LogP contribution in [0.4, 0.5) is 0 Å². The fourth-order valence-electron chi connectivity index (χ4n) is 2.03. The van der Waals surface area contributed by atoms with Crippen LogP contribution < -0.4 is 5.32 Å². The van der Waals surface area contributed by atoms with Crippen molar-refractivity contribution in [2.45, 2.75) is 12.6 Å². The predicted molar refractivity (Wildman–Crippen MR) is 76.7 cm³/mol. The minimum atomic E-state index is -0.0675. The van der Waals surface area contributed by atoms with Gasteiger partial charge in [0.05, 0.1) is 17.7 Å². The number of nitriles is 1. The molecule has 1 heterocycles. The molecule has 19 heavy (non-hydrogen) atoms. The number of carbonyl (C=O) groups excluding carboxylic acids is 1. The van der Waals surface area contributed by atoms with Gasteiger partial charge in [-0.05, 0) is 17.7 Å². The first kappa shape index (κ1) is 13.9. The molecular formula is C14H17N3OS. The lowest BCUT2D eigenvalue weighted by Crippen LogP contribution is -2.49. The summed E-state index contributed by atoms with van der Waals surface area (Å²) in [6, 6.07) is 9.37. The van der Waals surface area contributed by atoms with Gasteiger partial charge in [0.25, 0.3) is 0 Å². The minimum Gasteiger partial charge on any atom is -0.340 e. The summed E-state index contributed by atoms with van der Waals surface area (Å²) in [7, 11) is 1.82. The third-order valence-electron chi connectivity index (χ3n) is 3.10. The zero-order valence-corrected chi connectivity index (χ0v) is 11.7. The molecule has 0 aliphatic carbocycles. The van der Waals surface area contributed by atoms with Crippen molar-refractivity contribution in [1.29, 1.82) is 5.26 Å². The molecule has 1 aliphatic heterocycles. The van der Waals surface area contributed by atoms with E-state index < -0.39 is 0 Å². The number of benzene rings is 1. The fraction of sp³-hybridized carbons (Fsp3) is 0.429. The molecule has 4 nitrogen and oxygen atoms in total. The average Bonchev–Trinajstić information content (AvgIpc) is 2.48. The second-order valence-electron chi connectivity index (χ2n) is 4.58. The van der Waals surface area contributed by atoms with Gasteiger partial charge in [0, 0.05) is 31.6 Å². The van der Waals surface area contributed by atoms with Crippen LogP contribution in [0.3, 0.4) is 0 Å². The minimum absolute atomic E-state index is 0.0675. The molecule has 0 spiro atoms. The number of carbonyl (C=O) groups is 1. The Bertz CT molecular complexity index is 474. The highest BCUT2D eigenvalue weighted by Crippen LogP contribution is 2.12. The van der Waals surface area contributed by atoms with Crippen molar-refractivity contribution in [1.82, 2.24) is 10.2 Å². The zero-order valence-electron chi connectivity index (χ0n) is 10.9. The first-order valence-corrected chi connectivity index (χ1v) is 7.41. The summed E-state index contributed by atoms with van der Waals surface area (Å²) in [6.45, 7) is 1.47. The van der Waals surface area contributed by atoms with Crippen LogP contribution in [0.25, 0.3) is 0 Å². The predicted octanol–water partition coefficient (Wildman–Crippen LogP) is 1.22. The Morgan fingerprint density at radius 2 is 2.26 bits per heavy atom. The molecule has 0 bridgehead atoms. The maximum atomic E-state index is 12.2. The highest BCUT2D eigenvalue weighted by Gasteiger charge is 2.23. The van der Waals surface area contributed by atoms with Crippen molar-refractivity contribution in [3.63, 3.8) is 0 Å². The molecule has 100 valence electrons. The lowest BCUT2D eigenvalue weighted by Gasteiger charge is -2.27. The molecule has 1 aromatic carbocycles. The number of hydrogen-bond donors (Lipinski definition) is 1. The Labute approximate surface area is 117 Å². The summed E-state index contributed by atoms with van der Waals surface area (Å²) in [5.74, 6) is 2.05. The maximum absolute atomic E-state index is 12.2. The number of amides is 1. The van der Waals surface area contributed by atoms with Crippen LogP contribution in [0.1, 0.15) is 11.1 Å². The van der Waals surface area contributed by atoms with E-state index in [1.165, 1.54) is 0 Å². The summed E-state index contributed by atoms with van der Waals surface area (Å²) in [4.78, 5) is 14.0. The van der Waals surface area contributed by atoms with Crippen molar-refractivity contribution >= 4 is 17.7 Å². The molecule has 1 fully saturated rings. The molecule has 1 aromatic rings. The van der Waals surface area contributed by atoms with Crippen LogP contribution in [0.5, 0.6) is 0 Å². The van der Waals surface area contributed by atoms with Crippen molar-refractivity contribution in [3.8, 4) is 6.07 Å². The lowest BCUT2D eigenvalue weighted by atomic mass is 10.1. The normalized spacial score (nSPS) is 18.6.